The number of fused-ring (bicyclic) bond motifs is 1. The van der Waals surface area contributed by atoms with E-state index >= 15 is 0 Å². The van der Waals surface area contributed by atoms with Crippen LogP contribution in [0.2, 0.25) is 0 Å². The lowest BCUT2D eigenvalue weighted by Crippen LogP contribution is -1.75. The molecule has 2 aromatic heterocycles. The molecule has 0 N–H and O–H groups in total. The zero-order valence-electron chi connectivity index (χ0n) is 5.91. The summed E-state index contributed by atoms with van der Waals surface area (Å²) in [5.74, 6) is 0. The van der Waals surface area contributed by atoms with Crippen LogP contribution in [0.5, 0.6) is 0 Å². The van der Waals surface area contributed by atoms with Gasteiger partial charge in [0.05, 0.1) is 9.35 Å². The fourth-order valence-corrected chi connectivity index (χ4v) is 2.38. The van der Waals surface area contributed by atoms with Crippen molar-refractivity contribution in [3.05, 3.63) is 27.7 Å². The molecule has 0 aromatic carbocycles. The van der Waals surface area contributed by atoms with Gasteiger partial charge in [-0.2, -0.15) is 5.26 Å². The summed E-state index contributed by atoms with van der Waals surface area (Å²) in [6, 6.07) is 5.86. The zero-order valence-corrected chi connectivity index (χ0v) is 8.32. The molecule has 12 heavy (non-hydrogen) atoms. The smallest absolute Gasteiger partial charge is 0.124 e. The molecule has 0 atom stereocenters. The number of halogens is 1. The standard InChI is InChI=1S/C8H3BrN2S/c9-7-2-6-1-5(3-10)4-11-8(6)12-7/h1-2,4H. The highest BCUT2D eigenvalue weighted by molar-refractivity contribution is 9.11. The SMILES string of the molecule is N#Cc1cnc2sc(Br)cc2c1. The fraction of sp³-hybridized carbons (Fsp3) is 0. The minimum atomic E-state index is 0.604. The summed E-state index contributed by atoms with van der Waals surface area (Å²) in [5, 5.41) is 9.62. The van der Waals surface area contributed by atoms with Crippen molar-refractivity contribution in [1.82, 2.24) is 4.98 Å². The van der Waals surface area contributed by atoms with Crippen LogP contribution in [0, 0.1) is 11.3 Å². The Labute approximate surface area is 81.6 Å². The van der Waals surface area contributed by atoms with Gasteiger partial charge in [-0.3, -0.25) is 0 Å². The molecule has 58 valence electrons. The van der Waals surface area contributed by atoms with E-state index in [4.69, 9.17) is 5.26 Å². The summed E-state index contributed by atoms with van der Waals surface area (Å²) in [5.41, 5.74) is 0.604. The van der Waals surface area contributed by atoms with Gasteiger partial charge in [0.2, 0.25) is 0 Å². The van der Waals surface area contributed by atoms with Crippen LogP contribution >= 0.6 is 27.3 Å². The molecule has 2 rings (SSSR count). The van der Waals surface area contributed by atoms with Crippen LogP contribution in [-0.2, 0) is 0 Å². The Morgan fingerprint density at radius 1 is 1.50 bits per heavy atom. The second-order valence-corrected chi connectivity index (χ2v) is 4.69. The molecule has 0 spiro atoms. The first kappa shape index (κ1) is 7.71. The highest BCUT2D eigenvalue weighted by Crippen LogP contribution is 2.28. The van der Waals surface area contributed by atoms with E-state index in [1.807, 2.05) is 12.1 Å². The number of aromatic nitrogens is 1. The molecule has 0 saturated heterocycles. The zero-order chi connectivity index (χ0) is 8.55. The van der Waals surface area contributed by atoms with Crippen LogP contribution in [0.3, 0.4) is 0 Å². The highest BCUT2D eigenvalue weighted by Gasteiger charge is 2.00. The van der Waals surface area contributed by atoms with E-state index in [0.29, 0.717) is 5.56 Å². The molecule has 0 bridgehead atoms. The largest absolute Gasteiger partial charge is 0.244 e. The van der Waals surface area contributed by atoms with Crippen molar-refractivity contribution < 1.29 is 0 Å². The third kappa shape index (κ3) is 1.22. The first-order valence-electron chi connectivity index (χ1n) is 3.25. The van der Waals surface area contributed by atoms with Crippen molar-refractivity contribution in [1.29, 1.82) is 5.26 Å². The normalized spacial score (nSPS) is 10.0. The predicted molar refractivity (Wildman–Crippen MR) is 52.0 cm³/mol. The van der Waals surface area contributed by atoms with Crippen LogP contribution in [0.1, 0.15) is 5.56 Å². The average molecular weight is 239 g/mol. The molecular formula is C8H3BrN2S. The molecule has 2 aromatic rings. The fourth-order valence-electron chi connectivity index (χ4n) is 0.963. The number of nitrogens with zero attached hydrogens (tertiary/aromatic N) is 2. The van der Waals surface area contributed by atoms with Gasteiger partial charge in [0.1, 0.15) is 10.9 Å². The second kappa shape index (κ2) is 2.85. The van der Waals surface area contributed by atoms with Crippen molar-refractivity contribution in [2.45, 2.75) is 0 Å². The molecule has 2 nitrogen and oxygen atoms in total. The van der Waals surface area contributed by atoms with Gasteiger partial charge in [0.25, 0.3) is 0 Å². The van der Waals surface area contributed by atoms with E-state index in [1.54, 1.807) is 17.5 Å². The Hall–Kier alpha value is -0.920. The topological polar surface area (TPSA) is 36.7 Å². The molecule has 4 heteroatoms. The lowest BCUT2D eigenvalue weighted by molar-refractivity contribution is 1.39. The predicted octanol–water partition coefficient (Wildman–Crippen LogP) is 2.93. The number of hydrogen-bond donors (Lipinski definition) is 0. The molecular weight excluding hydrogens is 236 g/mol. The lowest BCUT2D eigenvalue weighted by Gasteiger charge is -1.87. The van der Waals surface area contributed by atoms with Crippen molar-refractivity contribution in [2.75, 3.05) is 0 Å². The Balaban J connectivity index is 2.77. The van der Waals surface area contributed by atoms with Crippen molar-refractivity contribution in [3.8, 4) is 6.07 Å². The maximum atomic E-state index is 8.61. The van der Waals surface area contributed by atoms with E-state index in [1.165, 1.54) is 0 Å². The number of thiophene rings is 1. The van der Waals surface area contributed by atoms with Crippen molar-refractivity contribution in [3.63, 3.8) is 0 Å². The summed E-state index contributed by atoms with van der Waals surface area (Å²) < 4.78 is 1.04. The molecule has 2 heterocycles. The Morgan fingerprint density at radius 3 is 3.08 bits per heavy atom. The molecule has 0 aliphatic heterocycles. The van der Waals surface area contributed by atoms with Gasteiger partial charge in [0.15, 0.2) is 0 Å². The van der Waals surface area contributed by atoms with E-state index in [9.17, 15) is 0 Å². The van der Waals surface area contributed by atoms with Gasteiger partial charge in [-0.15, -0.1) is 11.3 Å². The van der Waals surface area contributed by atoms with E-state index in [0.717, 1.165) is 14.0 Å². The van der Waals surface area contributed by atoms with Gasteiger partial charge in [-0.1, -0.05) is 0 Å². The van der Waals surface area contributed by atoms with Gasteiger partial charge >= 0.3 is 0 Å². The monoisotopic (exact) mass is 238 g/mol. The third-order valence-corrected chi connectivity index (χ3v) is 3.03. The summed E-state index contributed by atoms with van der Waals surface area (Å²) in [6.07, 6.45) is 1.59. The Bertz CT molecular complexity index is 469. The molecule has 0 aliphatic rings. The van der Waals surface area contributed by atoms with Gasteiger partial charge in [-0.25, -0.2) is 4.98 Å². The Morgan fingerprint density at radius 2 is 2.33 bits per heavy atom. The van der Waals surface area contributed by atoms with Crippen LogP contribution in [0.25, 0.3) is 10.2 Å². The highest BCUT2D eigenvalue weighted by atomic mass is 79.9. The Kier molecular flexibility index (Phi) is 1.83. The van der Waals surface area contributed by atoms with Gasteiger partial charge in [0, 0.05) is 11.6 Å². The summed E-state index contributed by atoms with van der Waals surface area (Å²) in [6.45, 7) is 0. The van der Waals surface area contributed by atoms with E-state index in [2.05, 4.69) is 27.0 Å². The van der Waals surface area contributed by atoms with Crippen LogP contribution < -0.4 is 0 Å². The van der Waals surface area contributed by atoms with Gasteiger partial charge in [-0.05, 0) is 28.1 Å². The number of nitriles is 1. The quantitative estimate of drug-likeness (QED) is 0.708. The second-order valence-electron chi connectivity index (χ2n) is 2.28. The minimum Gasteiger partial charge on any atom is -0.244 e. The molecule has 0 fully saturated rings. The first-order chi connectivity index (χ1) is 5.79. The maximum Gasteiger partial charge on any atom is 0.124 e. The summed E-state index contributed by atoms with van der Waals surface area (Å²) in [4.78, 5) is 5.10. The van der Waals surface area contributed by atoms with Gasteiger partial charge < -0.3 is 0 Å². The minimum absolute atomic E-state index is 0.604. The molecule has 0 radical (unpaired) electrons. The van der Waals surface area contributed by atoms with Crippen LogP contribution in [0.4, 0.5) is 0 Å². The molecule has 0 unspecified atom stereocenters. The van der Waals surface area contributed by atoms with Crippen molar-refractivity contribution >= 4 is 37.5 Å². The van der Waals surface area contributed by atoms with Crippen LogP contribution in [0.15, 0.2) is 22.1 Å². The average Bonchev–Trinajstić information content (AvgIpc) is 2.43. The molecule has 0 aliphatic carbocycles. The third-order valence-electron chi connectivity index (χ3n) is 1.47. The van der Waals surface area contributed by atoms with E-state index in [-0.39, 0.29) is 0 Å². The van der Waals surface area contributed by atoms with E-state index < -0.39 is 0 Å². The number of hydrogen-bond acceptors (Lipinski definition) is 3. The summed E-state index contributed by atoms with van der Waals surface area (Å²) in [7, 11) is 0. The lowest BCUT2D eigenvalue weighted by atomic mass is 10.2. The number of pyridine rings is 1. The van der Waals surface area contributed by atoms with Crippen molar-refractivity contribution in [2.24, 2.45) is 0 Å². The summed E-state index contributed by atoms with van der Waals surface area (Å²) >= 11 is 4.93. The number of rotatable bonds is 0. The first-order valence-corrected chi connectivity index (χ1v) is 4.86. The maximum absolute atomic E-state index is 8.61. The molecule has 0 saturated carbocycles. The molecule has 0 amide bonds. The van der Waals surface area contributed by atoms with Crippen LogP contribution in [-0.4, -0.2) is 4.98 Å².